The zero-order valence-corrected chi connectivity index (χ0v) is 16.1. The number of hydrogen-bond donors (Lipinski definition) is 0. The summed E-state index contributed by atoms with van der Waals surface area (Å²) in [5.74, 6) is -0.393. The van der Waals surface area contributed by atoms with E-state index in [-0.39, 0.29) is 22.7 Å². The Morgan fingerprint density at radius 3 is 2.56 bits per heavy atom. The Balaban J connectivity index is 1.79. The summed E-state index contributed by atoms with van der Waals surface area (Å²) >= 11 is 0. The maximum Gasteiger partial charge on any atom is 0.309 e. The number of hydrogen-bond acceptors (Lipinski definition) is 4. The monoisotopic (exact) mass is 383 g/mol. The number of rotatable bonds is 5. The van der Waals surface area contributed by atoms with Gasteiger partial charge in [0, 0.05) is 17.5 Å². The van der Waals surface area contributed by atoms with Crippen LogP contribution in [0.15, 0.2) is 59.6 Å². The lowest BCUT2D eigenvalue weighted by Crippen LogP contribution is -2.11. The number of aromatic nitrogens is 1. The summed E-state index contributed by atoms with van der Waals surface area (Å²) in [5.41, 5.74) is 2.52. The molecule has 0 N–H and O–H groups in total. The molecule has 0 aliphatic heterocycles. The van der Waals surface area contributed by atoms with Crippen molar-refractivity contribution in [2.75, 3.05) is 6.61 Å². The van der Waals surface area contributed by atoms with Crippen molar-refractivity contribution >= 4 is 26.9 Å². The highest BCUT2D eigenvalue weighted by Gasteiger charge is 2.46. The predicted molar refractivity (Wildman–Crippen MR) is 103 cm³/mol. The lowest BCUT2D eigenvalue weighted by molar-refractivity contribution is -0.144. The molecule has 0 amide bonds. The average molecular weight is 383 g/mol. The highest BCUT2D eigenvalue weighted by molar-refractivity contribution is 7.90. The second kappa shape index (κ2) is 6.53. The zero-order chi connectivity index (χ0) is 19.2. The molecule has 2 aromatic carbocycles. The van der Waals surface area contributed by atoms with Gasteiger partial charge >= 0.3 is 5.97 Å². The van der Waals surface area contributed by atoms with Crippen molar-refractivity contribution < 1.29 is 17.9 Å². The average Bonchev–Trinajstić information content (AvgIpc) is 3.35. The lowest BCUT2D eigenvalue weighted by Gasteiger charge is -2.07. The van der Waals surface area contributed by atoms with E-state index in [4.69, 9.17) is 4.74 Å². The minimum atomic E-state index is -3.71. The second-order valence-corrected chi connectivity index (χ2v) is 8.73. The van der Waals surface area contributed by atoms with E-state index in [1.54, 1.807) is 43.5 Å². The van der Waals surface area contributed by atoms with Crippen LogP contribution in [-0.2, 0) is 19.6 Å². The first-order valence-corrected chi connectivity index (χ1v) is 10.5. The van der Waals surface area contributed by atoms with Crippen LogP contribution in [0, 0.1) is 12.8 Å². The Morgan fingerprint density at radius 2 is 1.85 bits per heavy atom. The van der Waals surface area contributed by atoms with Gasteiger partial charge in [-0.15, -0.1) is 0 Å². The van der Waals surface area contributed by atoms with E-state index in [0.717, 1.165) is 16.5 Å². The van der Waals surface area contributed by atoms with Crippen molar-refractivity contribution in [2.24, 2.45) is 5.92 Å². The molecule has 0 unspecified atom stereocenters. The number of esters is 1. The van der Waals surface area contributed by atoms with Crippen molar-refractivity contribution in [1.82, 2.24) is 3.97 Å². The molecule has 140 valence electrons. The molecule has 1 saturated carbocycles. The van der Waals surface area contributed by atoms with E-state index >= 15 is 0 Å². The Hall–Kier alpha value is -2.60. The first-order chi connectivity index (χ1) is 12.9. The SMILES string of the molecule is CCOC(=O)[C@H]1C[C@@H]1c1cn(S(=O)(=O)c2ccc(C)cc2)c2ccccc12. The molecule has 2 atom stereocenters. The molecular formula is C21H21NO4S. The van der Waals surface area contributed by atoms with Crippen LogP contribution >= 0.6 is 0 Å². The van der Waals surface area contributed by atoms with Gasteiger partial charge in [0.05, 0.1) is 22.9 Å². The smallest absolute Gasteiger partial charge is 0.309 e. The van der Waals surface area contributed by atoms with Gasteiger partial charge in [-0.2, -0.15) is 0 Å². The predicted octanol–water partition coefficient (Wildman–Crippen LogP) is 3.85. The van der Waals surface area contributed by atoms with E-state index in [1.807, 2.05) is 25.1 Å². The van der Waals surface area contributed by atoms with E-state index in [9.17, 15) is 13.2 Å². The highest BCUT2D eigenvalue weighted by atomic mass is 32.2. The van der Waals surface area contributed by atoms with Gasteiger partial charge in [0.25, 0.3) is 10.0 Å². The molecule has 1 heterocycles. The first-order valence-electron chi connectivity index (χ1n) is 9.02. The van der Waals surface area contributed by atoms with Crippen LogP contribution in [0.2, 0.25) is 0 Å². The number of fused-ring (bicyclic) bond motifs is 1. The molecule has 5 nitrogen and oxygen atoms in total. The maximum absolute atomic E-state index is 13.2. The number of carbonyl (C=O) groups is 1. The molecule has 1 aliphatic carbocycles. The normalized spacial score (nSPS) is 19.2. The minimum Gasteiger partial charge on any atom is -0.466 e. The topological polar surface area (TPSA) is 65.4 Å². The number of nitrogens with zero attached hydrogens (tertiary/aromatic N) is 1. The van der Waals surface area contributed by atoms with Crippen LogP contribution in [0.5, 0.6) is 0 Å². The van der Waals surface area contributed by atoms with Crippen LogP contribution < -0.4 is 0 Å². The molecule has 27 heavy (non-hydrogen) atoms. The van der Waals surface area contributed by atoms with Crippen LogP contribution in [0.3, 0.4) is 0 Å². The molecule has 0 radical (unpaired) electrons. The fourth-order valence-electron chi connectivity index (χ4n) is 3.54. The van der Waals surface area contributed by atoms with Crippen LogP contribution in [0.25, 0.3) is 10.9 Å². The van der Waals surface area contributed by atoms with Gasteiger partial charge in [-0.25, -0.2) is 12.4 Å². The zero-order valence-electron chi connectivity index (χ0n) is 15.3. The standard InChI is InChI=1S/C21H21NO4S/c1-3-26-21(23)18-12-17(18)19-13-22(20-7-5-4-6-16(19)20)27(24,25)15-10-8-14(2)9-11-15/h4-11,13,17-18H,3,12H2,1-2H3/t17-,18-/m0/s1. The van der Waals surface area contributed by atoms with E-state index < -0.39 is 10.0 Å². The van der Waals surface area contributed by atoms with E-state index in [1.165, 1.54) is 3.97 Å². The number of benzene rings is 2. The number of aryl methyl sites for hydroxylation is 1. The van der Waals surface area contributed by atoms with Gasteiger partial charge in [-0.3, -0.25) is 4.79 Å². The van der Waals surface area contributed by atoms with E-state index in [0.29, 0.717) is 18.5 Å². The molecule has 3 aromatic rings. The summed E-state index contributed by atoms with van der Waals surface area (Å²) in [6.07, 6.45) is 2.36. The quantitative estimate of drug-likeness (QED) is 0.628. The van der Waals surface area contributed by atoms with Crippen LogP contribution in [0.1, 0.15) is 30.4 Å². The van der Waals surface area contributed by atoms with Crippen molar-refractivity contribution in [3.8, 4) is 0 Å². The third-order valence-electron chi connectivity index (χ3n) is 5.07. The van der Waals surface area contributed by atoms with Gasteiger partial charge in [0.15, 0.2) is 0 Å². The molecule has 4 rings (SSSR count). The van der Waals surface area contributed by atoms with E-state index in [2.05, 4.69) is 0 Å². The number of ether oxygens (including phenoxy) is 1. The van der Waals surface area contributed by atoms with Crippen LogP contribution in [0.4, 0.5) is 0 Å². The third kappa shape index (κ3) is 3.04. The van der Waals surface area contributed by atoms with Gasteiger partial charge in [0.2, 0.25) is 0 Å². The summed E-state index contributed by atoms with van der Waals surface area (Å²) in [6, 6.07) is 14.2. The molecular weight excluding hydrogens is 362 g/mol. The molecule has 0 bridgehead atoms. The maximum atomic E-state index is 13.2. The van der Waals surface area contributed by atoms with Crippen molar-refractivity contribution in [3.63, 3.8) is 0 Å². The number of para-hydroxylation sites is 1. The fraction of sp³-hybridized carbons (Fsp3) is 0.286. The molecule has 1 aliphatic rings. The number of carbonyl (C=O) groups excluding carboxylic acids is 1. The van der Waals surface area contributed by atoms with Crippen molar-refractivity contribution in [1.29, 1.82) is 0 Å². The van der Waals surface area contributed by atoms with Crippen LogP contribution in [-0.4, -0.2) is 25.0 Å². The Morgan fingerprint density at radius 1 is 1.15 bits per heavy atom. The summed E-state index contributed by atoms with van der Waals surface area (Å²) in [5, 5.41) is 0.866. The van der Waals surface area contributed by atoms with Gasteiger partial charge in [-0.05, 0) is 44.0 Å². The Labute approximate surface area is 158 Å². The van der Waals surface area contributed by atoms with Crippen molar-refractivity contribution in [3.05, 3.63) is 65.9 Å². The first kappa shape index (κ1) is 17.8. The molecule has 0 saturated heterocycles. The van der Waals surface area contributed by atoms with Gasteiger partial charge in [-0.1, -0.05) is 35.9 Å². The van der Waals surface area contributed by atoms with Gasteiger partial charge < -0.3 is 4.74 Å². The second-order valence-electron chi connectivity index (χ2n) is 6.92. The highest BCUT2D eigenvalue weighted by Crippen LogP contribution is 2.50. The van der Waals surface area contributed by atoms with Crippen molar-refractivity contribution in [2.45, 2.75) is 31.1 Å². The lowest BCUT2D eigenvalue weighted by atomic mass is 10.1. The third-order valence-corrected chi connectivity index (χ3v) is 6.75. The Kier molecular flexibility index (Phi) is 4.30. The molecule has 6 heteroatoms. The van der Waals surface area contributed by atoms with Gasteiger partial charge in [0.1, 0.15) is 0 Å². The minimum absolute atomic E-state index is 0.00316. The summed E-state index contributed by atoms with van der Waals surface area (Å²) in [6.45, 7) is 4.06. The molecule has 1 aromatic heterocycles. The molecule has 0 spiro atoms. The summed E-state index contributed by atoms with van der Waals surface area (Å²) < 4.78 is 32.9. The summed E-state index contributed by atoms with van der Waals surface area (Å²) in [7, 11) is -3.71. The molecule has 1 fully saturated rings. The Bertz CT molecular complexity index is 1110. The summed E-state index contributed by atoms with van der Waals surface area (Å²) in [4.78, 5) is 12.3. The fourth-order valence-corrected chi connectivity index (χ4v) is 4.92. The largest absolute Gasteiger partial charge is 0.466 e.